The van der Waals surface area contributed by atoms with E-state index < -0.39 is 0 Å². The van der Waals surface area contributed by atoms with E-state index in [1.807, 2.05) is 24.3 Å². The van der Waals surface area contributed by atoms with Gasteiger partial charge in [-0.05, 0) is 35.7 Å². The van der Waals surface area contributed by atoms with Gasteiger partial charge in [-0.1, -0.05) is 72.2 Å². The summed E-state index contributed by atoms with van der Waals surface area (Å²) in [7, 11) is 6.04. The molecule has 0 spiro atoms. The van der Waals surface area contributed by atoms with E-state index in [0.29, 0.717) is 0 Å². The first-order valence-electron chi connectivity index (χ1n) is 8.01. The first kappa shape index (κ1) is 14.6. The molecule has 112 valence electrons. The Balaban J connectivity index is 1.99. The highest BCUT2D eigenvalue weighted by atomic mass is 15.1. The van der Waals surface area contributed by atoms with Gasteiger partial charge in [-0.2, -0.15) is 0 Å². The van der Waals surface area contributed by atoms with E-state index in [1.54, 1.807) is 0 Å². The summed E-state index contributed by atoms with van der Waals surface area (Å²) in [4.78, 5) is 2.25. The lowest BCUT2D eigenvalue weighted by Gasteiger charge is -2.27. The zero-order valence-corrected chi connectivity index (χ0v) is 13.3. The second-order valence-corrected chi connectivity index (χ2v) is 5.76. The Bertz CT molecular complexity index is 974. The average molecular weight is 305 g/mol. The zero-order chi connectivity index (χ0) is 16.4. The summed E-state index contributed by atoms with van der Waals surface area (Å²) in [5.41, 5.74) is 4.07. The van der Waals surface area contributed by atoms with E-state index in [4.69, 9.17) is 7.85 Å². The van der Waals surface area contributed by atoms with Crippen LogP contribution in [0.25, 0.3) is 10.8 Å². The smallest absolute Gasteiger partial charge is 0.113 e. The molecule has 0 aliphatic heterocycles. The fourth-order valence-electron chi connectivity index (χ4n) is 3.07. The van der Waals surface area contributed by atoms with Gasteiger partial charge < -0.3 is 4.90 Å². The van der Waals surface area contributed by atoms with Crippen molar-refractivity contribution in [1.82, 2.24) is 0 Å². The van der Waals surface area contributed by atoms with Crippen molar-refractivity contribution in [3.8, 4) is 0 Å². The second kappa shape index (κ2) is 6.25. The van der Waals surface area contributed by atoms with Crippen molar-refractivity contribution in [3.05, 3.63) is 97.1 Å². The molecule has 0 aromatic heterocycles. The molecule has 4 aromatic carbocycles. The maximum Gasteiger partial charge on any atom is 0.113 e. The Morgan fingerprint density at radius 1 is 0.583 bits per heavy atom. The molecule has 2 heteroatoms. The van der Waals surface area contributed by atoms with Crippen LogP contribution < -0.4 is 10.4 Å². The lowest BCUT2D eigenvalue weighted by atomic mass is 9.95. The minimum absolute atomic E-state index is 0.758. The van der Waals surface area contributed by atoms with Crippen molar-refractivity contribution < 1.29 is 0 Å². The van der Waals surface area contributed by atoms with Crippen LogP contribution in [0.15, 0.2) is 97.1 Å². The molecule has 0 saturated carbocycles. The first-order chi connectivity index (χ1) is 11.8. The highest BCUT2D eigenvalue weighted by Gasteiger charge is 2.14. The SMILES string of the molecule is [B]c1cccc(N(c2ccccc2)c2cccc3ccccc23)c1. The van der Waals surface area contributed by atoms with Gasteiger partial charge in [0.1, 0.15) is 7.85 Å². The summed E-state index contributed by atoms with van der Waals surface area (Å²) in [6.45, 7) is 0. The molecule has 4 rings (SSSR count). The number of hydrogen-bond acceptors (Lipinski definition) is 1. The monoisotopic (exact) mass is 305 g/mol. The number of nitrogens with zero attached hydrogens (tertiary/aromatic N) is 1. The van der Waals surface area contributed by atoms with Crippen molar-refractivity contribution >= 4 is 41.1 Å². The molecule has 0 unspecified atom stereocenters. The fourth-order valence-corrected chi connectivity index (χ4v) is 3.07. The highest BCUT2D eigenvalue weighted by molar-refractivity contribution is 6.32. The third kappa shape index (κ3) is 2.67. The van der Waals surface area contributed by atoms with Gasteiger partial charge in [0, 0.05) is 16.8 Å². The third-order valence-electron chi connectivity index (χ3n) is 4.15. The van der Waals surface area contributed by atoms with Crippen LogP contribution in [0.4, 0.5) is 17.1 Å². The van der Waals surface area contributed by atoms with Gasteiger partial charge in [-0.15, -0.1) is 0 Å². The maximum absolute atomic E-state index is 6.04. The maximum atomic E-state index is 6.04. The van der Waals surface area contributed by atoms with Gasteiger partial charge in [-0.25, -0.2) is 0 Å². The van der Waals surface area contributed by atoms with E-state index >= 15 is 0 Å². The van der Waals surface area contributed by atoms with Crippen molar-refractivity contribution in [3.63, 3.8) is 0 Å². The predicted octanol–water partition coefficient (Wildman–Crippen LogP) is 5.10. The van der Waals surface area contributed by atoms with E-state index in [-0.39, 0.29) is 0 Å². The van der Waals surface area contributed by atoms with E-state index in [9.17, 15) is 0 Å². The minimum atomic E-state index is 0.758. The van der Waals surface area contributed by atoms with Gasteiger partial charge in [-0.3, -0.25) is 0 Å². The third-order valence-corrected chi connectivity index (χ3v) is 4.15. The Kier molecular flexibility index (Phi) is 3.80. The Hall–Kier alpha value is -3.00. The molecule has 0 amide bonds. The number of rotatable bonds is 3. The molecule has 0 atom stereocenters. The van der Waals surface area contributed by atoms with Crippen LogP contribution in [0.1, 0.15) is 0 Å². The van der Waals surface area contributed by atoms with Gasteiger partial charge in [0.15, 0.2) is 0 Å². The molecule has 0 aliphatic rings. The van der Waals surface area contributed by atoms with E-state index in [1.165, 1.54) is 10.8 Å². The first-order valence-corrected chi connectivity index (χ1v) is 8.01. The Morgan fingerprint density at radius 2 is 1.25 bits per heavy atom. The lowest BCUT2D eigenvalue weighted by molar-refractivity contribution is 1.30. The Labute approximate surface area is 143 Å². The summed E-state index contributed by atoms with van der Waals surface area (Å²) in [5, 5.41) is 2.44. The van der Waals surface area contributed by atoms with Crippen LogP contribution in [0.2, 0.25) is 0 Å². The zero-order valence-electron chi connectivity index (χ0n) is 13.3. The van der Waals surface area contributed by atoms with E-state index in [0.717, 1.165) is 22.5 Å². The molecule has 0 bridgehead atoms. The minimum Gasteiger partial charge on any atom is -0.310 e. The molecular weight excluding hydrogens is 289 g/mol. The largest absolute Gasteiger partial charge is 0.310 e. The second-order valence-electron chi connectivity index (χ2n) is 5.76. The molecule has 0 N–H and O–H groups in total. The molecule has 2 radical (unpaired) electrons. The van der Waals surface area contributed by atoms with Crippen LogP contribution >= 0.6 is 0 Å². The predicted molar refractivity (Wildman–Crippen MR) is 104 cm³/mol. The van der Waals surface area contributed by atoms with Crippen molar-refractivity contribution in [2.24, 2.45) is 0 Å². The number of para-hydroxylation sites is 1. The fraction of sp³-hybridized carbons (Fsp3) is 0. The topological polar surface area (TPSA) is 3.24 Å². The molecular formula is C22H16BN. The van der Waals surface area contributed by atoms with Gasteiger partial charge in [0.2, 0.25) is 0 Å². The van der Waals surface area contributed by atoms with Crippen molar-refractivity contribution in [1.29, 1.82) is 0 Å². The van der Waals surface area contributed by atoms with Gasteiger partial charge >= 0.3 is 0 Å². The lowest BCUT2D eigenvalue weighted by Crippen LogP contribution is -2.13. The molecule has 0 heterocycles. The number of benzene rings is 4. The molecule has 0 aliphatic carbocycles. The van der Waals surface area contributed by atoms with Crippen LogP contribution in [0.3, 0.4) is 0 Å². The normalized spacial score (nSPS) is 10.7. The summed E-state index contributed by atoms with van der Waals surface area (Å²) in [5.74, 6) is 0. The molecule has 24 heavy (non-hydrogen) atoms. The standard InChI is InChI=1S/C22H16BN/c23-18-10-7-13-20(16-18)24(19-11-2-1-3-12-19)22-15-6-9-17-8-4-5-14-21(17)22/h1-16H. The van der Waals surface area contributed by atoms with Gasteiger partial charge in [0.05, 0.1) is 5.69 Å². The summed E-state index contributed by atoms with van der Waals surface area (Å²) in [6, 6.07) is 33.2. The van der Waals surface area contributed by atoms with Crippen molar-refractivity contribution in [2.45, 2.75) is 0 Å². The van der Waals surface area contributed by atoms with Gasteiger partial charge in [0.25, 0.3) is 0 Å². The van der Waals surface area contributed by atoms with Crippen molar-refractivity contribution in [2.75, 3.05) is 4.90 Å². The van der Waals surface area contributed by atoms with Crippen LogP contribution in [-0.2, 0) is 0 Å². The van der Waals surface area contributed by atoms with Crippen LogP contribution in [0.5, 0.6) is 0 Å². The summed E-state index contributed by atoms with van der Waals surface area (Å²) < 4.78 is 0. The number of fused-ring (bicyclic) bond motifs is 1. The van der Waals surface area contributed by atoms with E-state index in [2.05, 4.69) is 77.7 Å². The Morgan fingerprint density at radius 3 is 2.08 bits per heavy atom. The number of anilines is 3. The summed E-state index contributed by atoms with van der Waals surface area (Å²) >= 11 is 0. The number of hydrogen-bond donors (Lipinski definition) is 0. The summed E-state index contributed by atoms with van der Waals surface area (Å²) in [6.07, 6.45) is 0. The quantitative estimate of drug-likeness (QED) is 0.476. The van der Waals surface area contributed by atoms with Crippen LogP contribution in [0, 0.1) is 0 Å². The van der Waals surface area contributed by atoms with Crippen LogP contribution in [-0.4, -0.2) is 7.85 Å². The molecule has 0 fully saturated rings. The molecule has 4 aromatic rings. The molecule has 1 nitrogen and oxygen atoms in total. The molecule has 0 saturated heterocycles. The average Bonchev–Trinajstić information content (AvgIpc) is 2.63. The highest BCUT2D eigenvalue weighted by Crippen LogP contribution is 2.37.